The molecule has 0 saturated heterocycles. The summed E-state index contributed by atoms with van der Waals surface area (Å²) in [5.41, 5.74) is 1.51. The van der Waals surface area contributed by atoms with Gasteiger partial charge in [-0.05, 0) is 45.0 Å². The Morgan fingerprint density at radius 2 is 1.74 bits per heavy atom. The zero-order chi connectivity index (χ0) is 14.4. The van der Waals surface area contributed by atoms with Crippen LogP contribution in [0.4, 0.5) is 5.69 Å². The van der Waals surface area contributed by atoms with Crippen molar-refractivity contribution in [1.82, 2.24) is 5.32 Å². The number of hydrogen-bond donors (Lipinski definition) is 2. The first kappa shape index (κ1) is 15.0. The lowest BCUT2D eigenvalue weighted by Crippen LogP contribution is -2.38. The number of benzene rings is 1. The van der Waals surface area contributed by atoms with Gasteiger partial charge in [0.25, 0.3) is 5.91 Å². The second kappa shape index (κ2) is 6.78. The number of hydrogen-bond acceptors (Lipinski definition) is 3. The fraction of sp³-hybridized carbons (Fsp3) is 0.429. The molecule has 1 amide bonds. The van der Waals surface area contributed by atoms with E-state index in [9.17, 15) is 9.59 Å². The molecule has 0 radical (unpaired) electrons. The molecule has 0 spiro atoms. The van der Waals surface area contributed by atoms with E-state index >= 15 is 0 Å². The molecule has 1 atom stereocenters. The van der Waals surface area contributed by atoms with Gasteiger partial charge >= 0.3 is 5.97 Å². The van der Waals surface area contributed by atoms with Crippen LogP contribution in [0, 0.1) is 0 Å². The number of nitrogens with one attached hydrogen (secondary N) is 1. The summed E-state index contributed by atoms with van der Waals surface area (Å²) in [6.45, 7) is 7.37. The van der Waals surface area contributed by atoms with Gasteiger partial charge in [0, 0.05) is 24.3 Å². The Labute approximate surface area is 113 Å². The number of anilines is 1. The summed E-state index contributed by atoms with van der Waals surface area (Å²) in [5.74, 6) is -1.42. The Kier molecular flexibility index (Phi) is 5.36. The molecule has 5 nitrogen and oxygen atoms in total. The van der Waals surface area contributed by atoms with E-state index in [1.807, 2.05) is 12.1 Å². The monoisotopic (exact) mass is 264 g/mol. The summed E-state index contributed by atoms with van der Waals surface area (Å²) < 4.78 is 0. The van der Waals surface area contributed by atoms with Crippen molar-refractivity contribution in [3.63, 3.8) is 0 Å². The summed E-state index contributed by atoms with van der Waals surface area (Å²) >= 11 is 0. The maximum Gasteiger partial charge on any atom is 0.325 e. The van der Waals surface area contributed by atoms with Gasteiger partial charge in [-0.3, -0.25) is 9.59 Å². The highest BCUT2D eigenvalue weighted by Crippen LogP contribution is 2.14. The predicted molar refractivity (Wildman–Crippen MR) is 74.6 cm³/mol. The lowest BCUT2D eigenvalue weighted by Gasteiger charge is -2.21. The van der Waals surface area contributed by atoms with Crippen LogP contribution < -0.4 is 10.2 Å². The standard InChI is InChI=1S/C14H20N2O3/c1-4-16(5-2)12-8-6-11(7-9-12)13(17)15-10(3)14(18)19/h6-10H,4-5H2,1-3H3,(H,15,17)(H,18,19)/t10-/m1/s1. The van der Waals surface area contributed by atoms with Crippen LogP contribution in [0.25, 0.3) is 0 Å². The number of carbonyl (C=O) groups excluding carboxylic acids is 1. The molecule has 2 N–H and O–H groups in total. The third kappa shape index (κ3) is 3.98. The second-order valence-electron chi connectivity index (χ2n) is 4.25. The van der Waals surface area contributed by atoms with Gasteiger partial charge in [-0.2, -0.15) is 0 Å². The van der Waals surface area contributed by atoms with Crippen LogP contribution in [-0.4, -0.2) is 36.1 Å². The van der Waals surface area contributed by atoms with Gasteiger partial charge in [-0.25, -0.2) is 0 Å². The van der Waals surface area contributed by atoms with E-state index in [0.29, 0.717) is 5.56 Å². The molecule has 104 valence electrons. The molecule has 0 aliphatic rings. The van der Waals surface area contributed by atoms with E-state index in [-0.39, 0.29) is 5.91 Å². The van der Waals surface area contributed by atoms with Gasteiger partial charge in [-0.1, -0.05) is 0 Å². The smallest absolute Gasteiger partial charge is 0.325 e. The van der Waals surface area contributed by atoms with Gasteiger partial charge < -0.3 is 15.3 Å². The normalized spacial score (nSPS) is 11.7. The molecule has 1 rings (SSSR count). The van der Waals surface area contributed by atoms with Crippen LogP contribution in [0.3, 0.4) is 0 Å². The highest BCUT2D eigenvalue weighted by molar-refractivity contribution is 5.96. The molecule has 1 aromatic carbocycles. The maximum absolute atomic E-state index is 11.8. The summed E-state index contributed by atoms with van der Waals surface area (Å²) in [5, 5.41) is 11.2. The van der Waals surface area contributed by atoms with Crippen molar-refractivity contribution in [1.29, 1.82) is 0 Å². The van der Waals surface area contributed by atoms with Crippen molar-refractivity contribution in [2.45, 2.75) is 26.8 Å². The van der Waals surface area contributed by atoms with E-state index < -0.39 is 12.0 Å². The molecule has 0 aliphatic heterocycles. The van der Waals surface area contributed by atoms with Gasteiger partial charge in [-0.15, -0.1) is 0 Å². The molecule has 0 aromatic heterocycles. The Morgan fingerprint density at radius 3 is 2.16 bits per heavy atom. The SMILES string of the molecule is CCN(CC)c1ccc(C(=O)N[C@H](C)C(=O)O)cc1. The highest BCUT2D eigenvalue weighted by atomic mass is 16.4. The van der Waals surface area contributed by atoms with Crippen molar-refractivity contribution in [2.75, 3.05) is 18.0 Å². The largest absolute Gasteiger partial charge is 0.480 e. The lowest BCUT2D eigenvalue weighted by atomic mass is 10.1. The van der Waals surface area contributed by atoms with E-state index in [1.165, 1.54) is 6.92 Å². The first-order valence-electron chi connectivity index (χ1n) is 6.38. The van der Waals surface area contributed by atoms with Crippen molar-refractivity contribution >= 4 is 17.6 Å². The van der Waals surface area contributed by atoms with E-state index in [2.05, 4.69) is 24.1 Å². The summed E-state index contributed by atoms with van der Waals surface area (Å²) in [4.78, 5) is 24.6. The number of aliphatic carboxylic acids is 1. The average molecular weight is 264 g/mol. The number of amides is 1. The van der Waals surface area contributed by atoms with Gasteiger partial charge in [0.1, 0.15) is 6.04 Å². The average Bonchev–Trinajstić information content (AvgIpc) is 2.40. The molecular formula is C14H20N2O3. The van der Waals surface area contributed by atoms with Gasteiger partial charge in [0.2, 0.25) is 0 Å². The fourth-order valence-corrected chi connectivity index (χ4v) is 1.75. The molecule has 5 heteroatoms. The zero-order valence-electron chi connectivity index (χ0n) is 11.5. The minimum atomic E-state index is -1.05. The molecule has 0 fully saturated rings. The molecule has 0 saturated carbocycles. The van der Waals surface area contributed by atoms with Crippen LogP contribution in [0.2, 0.25) is 0 Å². The Hall–Kier alpha value is -2.04. The quantitative estimate of drug-likeness (QED) is 0.821. The van der Waals surface area contributed by atoms with Crippen molar-refractivity contribution in [3.05, 3.63) is 29.8 Å². The maximum atomic E-state index is 11.8. The van der Waals surface area contributed by atoms with E-state index in [4.69, 9.17) is 5.11 Å². The molecule has 0 bridgehead atoms. The van der Waals surface area contributed by atoms with Crippen LogP contribution in [-0.2, 0) is 4.79 Å². The summed E-state index contributed by atoms with van der Waals surface area (Å²) in [6.07, 6.45) is 0. The van der Waals surface area contributed by atoms with Crippen molar-refractivity contribution in [2.24, 2.45) is 0 Å². The third-order valence-electron chi connectivity index (χ3n) is 2.98. The molecule has 0 aliphatic carbocycles. The van der Waals surface area contributed by atoms with Crippen LogP contribution in [0.1, 0.15) is 31.1 Å². The number of carbonyl (C=O) groups is 2. The second-order valence-corrected chi connectivity index (χ2v) is 4.25. The van der Waals surface area contributed by atoms with Gasteiger partial charge in [0.15, 0.2) is 0 Å². The topological polar surface area (TPSA) is 69.6 Å². The first-order chi connectivity index (χ1) is 8.99. The van der Waals surface area contributed by atoms with Crippen LogP contribution in [0.5, 0.6) is 0 Å². The lowest BCUT2D eigenvalue weighted by molar-refractivity contribution is -0.138. The third-order valence-corrected chi connectivity index (χ3v) is 2.98. The summed E-state index contributed by atoms with van der Waals surface area (Å²) in [7, 11) is 0. The number of nitrogens with zero attached hydrogens (tertiary/aromatic N) is 1. The molecule has 1 aromatic rings. The number of carboxylic acid groups (broad SMARTS) is 1. The van der Waals surface area contributed by atoms with Crippen LogP contribution in [0.15, 0.2) is 24.3 Å². The Morgan fingerprint density at radius 1 is 1.21 bits per heavy atom. The minimum absolute atomic E-state index is 0.374. The molecule has 0 unspecified atom stereocenters. The Balaban J connectivity index is 2.76. The highest BCUT2D eigenvalue weighted by Gasteiger charge is 2.15. The zero-order valence-corrected chi connectivity index (χ0v) is 11.5. The van der Waals surface area contributed by atoms with Crippen LogP contribution >= 0.6 is 0 Å². The van der Waals surface area contributed by atoms with Crippen molar-refractivity contribution in [3.8, 4) is 0 Å². The number of carboxylic acids is 1. The first-order valence-corrected chi connectivity index (χ1v) is 6.38. The predicted octanol–water partition coefficient (Wildman–Crippen LogP) is 1.74. The molecule has 19 heavy (non-hydrogen) atoms. The molecule has 0 heterocycles. The summed E-state index contributed by atoms with van der Waals surface area (Å²) in [6, 6.07) is 6.26. The molecular weight excluding hydrogens is 244 g/mol. The fourth-order valence-electron chi connectivity index (χ4n) is 1.75. The number of rotatable bonds is 6. The van der Waals surface area contributed by atoms with Gasteiger partial charge in [0.05, 0.1) is 0 Å². The Bertz CT molecular complexity index is 439. The minimum Gasteiger partial charge on any atom is -0.480 e. The van der Waals surface area contributed by atoms with E-state index in [0.717, 1.165) is 18.8 Å². The van der Waals surface area contributed by atoms with E-state index in [1.54, 1.807) is 12.1 Å². The van der Waals surface area contributed by atoms with Crippen molar-refractivity contribution < 1.29 is 14.7 Å².